The van der Waals surface area contributed by atoms with Crippen LogP contribution in [0.4, 0.5) is 10.7 Å². The molecule has 0 spiro atoms. The third-order valence-electron chi connectivity index (χ3n) is 5.31. The largest absolute Gasteiger partial charge is 0.478 e. The lowest BCUT2D eigenvalue weighted by Gasteiger charge is -2.22. The smallest absolute Gasteiger partial charge is 0.408 e. The third kappa shape index (κ3) is 10.1. The minimum Gasteiger partial charge on any atom is -0.478 e. The summed E-state index contributed by atoms with van der Waals surface area (Å²) in [6, 6.07) is 4.07. The second-order valence-corrected chi connectivity index (χ2v) is 10.8. The minimum absolute atomic E-state index is 0.0302. The molecular weight excluding hydrogens is 526 g/mol. The molecule has 0 aliphatic heterocycles. The van der Waals surface area contributed by atoms with Crippen molar-refractivity contribution in [1.82, 2.24) is 20.6 Å². The number of nitrogens with zero attached hydrogens (tertiary/aromatic N) is 2. The summed E-state index contributed by atoms with van der Waals surface area (Å²) < 4.78 is 9.89. The number of aromatic carboxylic acids is 1. The summed E-state index contributed by atoms with van der Waals surface area (Å²) in [5.74, 6) is -1.53. The molecule has 0 unspecified atom stereocenters. The van der Waals surface area contributed by atoms with E-state index in [1.54, 1.807) is 45.9 Å². The molecule has 13 heteroatoms. The standard InChI is InChI=1S/C26H35N5O7S/c1-14-11-15(2)17(22(33)34)12-16(14)19-13-21(31-24(27)29-19)39-10-8-20(32)28-9-7-18(23(35)37-6)30-25(36)38-26(3,4)5/h11-13,18H,7-10H2,1-6H3,(H,28,32)(H,30,36)(H,33,34)(H2,27,29,31)/t18-/m0/s1. The highest BCUT2D eigenvalue weighted by Crippen LogP contribution is 2.29. The van der Waals surface area contributed by atoms with E-state index in [0.29, 0.717) is 27.6 Å². The quantitative estimate of drug-likeness (QED) is 0.180. The van der Waals surface area contributed by atoms with Gasteiger partial charge in [0.1, 0.15) is 16.7 Å². The maximum absolute atomic E-state index is 12.3. The molecule has 0 aliphatic rings. The van der Waals surface area contributed by atoms with E-state index in [2.05, 4.69) is 20.6 Å². The number of methoxy groups -OCH3 is 1. The van der Waals surface area contributed by atoms with Crippen LogP contribution in [-0.2, 0) is 19.1 Å². The van der Waals surface area contributed by atoms with Crippen molar-refractivity contribution in [1.29, 1.82) is 0 Å². The number of nitrogen functional groups attached to an aromatic ring is 1. The van der Waals surface area contributed by atoms with Crippen molar-refractivity contribution in [2.24, 2.45) is 0 Å². The summed E-state index contributed by atoms with van der Waals surface area (Å²) in [4.78, 5) is 56.4. The first-order valence-corrected chi connectivity index (χ1v) is 13.1. The number of nitrogens with two attached hydrogens (primary N) is 1. The summed E-state index contributed by atoms with van der Waals surface area (Å²) >= 11 is 1.30. The Morgan fingerprint density at radius 1 is 1.10 bits per heavy atom. The Morgan fingerprint density at radius 3 is 2.41 bits per heavy atom. The average Bonchev–Trinajstić information content (AvgIpc) is 2.81. The van der Waals surface area contributed by atoms with E-state index in [9.17, 15) is 24.3 Å². The number of ether oxygens (including phenoxy) is 2. The normalized spacial score (nSPS) is 11.8. The Morgan fingerprint density at radius 2 is 1.79 bits per heavy atom. The van der Waals surface area contributed by atoms with Gasteiger partial charge in [0.05, 0.1) is 18.4 Å². The number of carbonyl (C=O) groups is 4. The highest BCUT2D eigenvalue weighted by Gasteiger charge is 2.25. The van der Waals surface area contributed by atoms with Crippen LogP contribution in [0.1, 0.15) is 55.1 Å². The fourth-order valence-electron chi connectivity index (χ4n) is 3.55. The second kappa shape index (κ2) is 13.8. The van der Waals surface area contributed by atoms with Crippen molar-refractivity contribution in [3.05, 3.63) is 34.9 Å². The van der Waals surface area contributed by atoms with Gasteiger partial charge in [0, 0.05) is 24.3 Å². The number of rotatable bonds is 11. The van der Waals surface area contributed by atoms with E-state index in [1.165, 1.54) is 18.9 Å². The highest BCUT2D eigenvalue weighted by atomic mass is 32.2. The number of alkyl carbamates (subject to hydrolysis) is 1. The first-order valence-electron chi connectivity index (χ1n) is 12.2. The Bertz CT molecular complexity index is 1230. The number of carboxylic acid groups (broad SMARTS) is 1. The SMILES string of the molecule is COC(=O)[C@H](CCNC(=O)CCSc1cc(-c2cc(C(=O)O)c(C)cc2C)nc(N)n1)NC(=O)OC(C)(C)C. The molecule has 2 amide bonds. The van der Waals surface area contributed by atoms with E-state index in [4.69, 9.17) is 15.2 Å². The van der Waals surface area contributed by atoms with Crippen molar-refractivity contribution in [2.45, 2.75) is 64.1 Å². The van der Waals surface area contributed by atoms with Gasteiger partial charge in [-0.3, -0.25) is 4.79 Å². The van der Waals surface area contributed by atoms with Gasteiger partial charge in [-0.2, -0.15) is 0 Å². The number of hydrogen-bond acceptors (Lipinski definition) is 10. The van der Waals surface area contributed by atoms with Gasteiger partial charge in [-0.1, -0.05) is 6.07 Å². The number of hydrogen-bond donors (Lipinski definition) is 4. The van der Waals surface area contributed by atoms with Crippen LogP contribution in [0.5, 0.6) is 0 Å². The van der Waals surface area contributed by atoms with Crippen molar-refractivity contribution >= 4 is 41.6 Å². The summed E-state index contributed by atoms with van der Waals surface area (Å²) in [5.41, 5.74) is 7.95. The summed E-state index contributed by atoms with van der Waals surface area (Å²) in [6.07, 6.45) is -0.492. The third-order valence-corrected chi connectivity index (χ3v) is 6.22. The van der Waals surface area contributed by atoms with E-state index in [0.717, 1.165) is 5.56 Å². The Hall–Kier alpha value is -3.87. The molecule has 12 nitrogen and oxygen atoms in total. The summed E-state index contributed by atoms with van der Waals surface area (Å²) in [5, 5.41) is 15.2. The van der Waals surface area contributed by atoms with Crippen LogP contribution in [0.25, 0.3) is 11.3 Å². The van der Waals surface area contributed by atoms with Crippen molar-refractivity contribution in [3.8, 4) is 11.3 Å². The molecule has 0 fully saturated rings. The van der Waals surface area contributed by atoms with Crippen molar-refractivity contribution in [3.63, 3.8) is 0 Å². The molecule has 212 valence electrons. The molecule has 1 aromatic heterocycles. The van der Waals surface area contributed by atoms with Crippen molar-refractivity contribution < 1.29 is 33.8 Å². The van der Waals surface area contributed by atoms with Crippen LogP contribution in [0.2, 0.25) is 0 Å². The van der Waals surface area contributed by atoms with Crippen LogP contribution in [0.15, 0.2) is 23.2 Å². The van der Waals surface area contributed by atoms with Gasteiger partial charge in [-0.15, -0.1) is 11.8 Å². The molecule has 1 heterocycles. The molecule has 0 aliphatic carbocycles. The van der Waals surface area contributed by atoms with Gasteiger partial charge in [-0.05, 0) is 64.3 Å². The molecule has 39 heavy (non-hydrogen) atoms. The van der Waals surface area contributed by atoms with Gasteiger partial charge >= 0.3 is 18.0 Å². The molecule has 0 radical (unpaired) electrons. The average molecular weight is 562 g/mol. The fraction of sp³-hybridized carbons (Fsp3) is 0.462. The number of esters is 1. The molecule has 2 aromatic rings. The van der Waals surface area contributed by atoms with E-state index >= 15 is 0 Å². The van der Waals surface area contributed by atoms with Crippen LogP contribution in [0.3, 0.4) is 0 Å². The molecular formula is C26H35N5O7S. The number of aryl methyl sites for hydroxylation is 2. The number of carboxylic acids is 1. The Labute approximate surface area is 231 Å². The molecule has 1 atom stereocenters. The number of aromatic nitrogens is 2. The van der Waals surface area contributed by atoms with Gasteiger partial charge in [0.15, 0.2) is 0 Å². The van der Waals surface area contributed by atoms with Gasteiger partial charge in [0.25, 0.3) is 0 Å². The lowest BCUT2D eigenvalue weighted by atomic mass is 9.98. The van der Waals surface area contributed by atoms with Gasteiger partial charge < -0.3 is 30.9 Å². The number of thioether (sulfide) groups is 1. The van der Waals surface area contributed by atoms with E-state index in [-0.39, 0.29) is 36.8 Å². The first kappa shape index (κ1) is 31.3. The van der Waals surface area contributed by atoms with Crippen LogP contribution in [0, 0.1) is 13.8 Å². The monoisotopic (exact) mass is 561 g/mol. The topological polar surface area (TPSA) is 183 Å². The van der Waals surface area contributed by atoms with E-state index < -0.39 is 29.7 Å². The minimum atomic E-state index is -1.03. The number of nitrogens with one attached hydrogen (secondary N) is 2. The number of benzene rings is 1. The Kier molecular flexibility index (Phi) is 11.1. The summed E-state index contributed by atoms with van der Waals surface area (Å²) in [7, 11) is 1.21. The van der Waals surface area contributed by atoms with Crippen molar-refractivity contribution in [2.75, 3.05) is 25.1 Å². The molecule has 5 N–H and O–H groups in total. The predicted molar refractivity (Wildman–Crippen MR) is 146 cm³/mol. The predicted octanol–water partition coefficient (Wildman–Crippen LogP) is 3.10. The van der Waals surface area contributed by atoms with Gasteiger partial charge in [-0.25, -0.2) is 24.4 Å². The lowest BCUT2D eigenvalue weighted by Crippen LogP contribution is -2.45. The molecule has 1 aromatic carbocycles. The lowest BCUT2D eigenvalue weighted by molar-refractivity contribution is -0.143. The number of amides is 2. The highest BCUT2D eigenvalue weighted by molar-refractivity contribution is 7.99. The fourth-order valence-corrected chi connectivity index (χ4v) is 4.40. The first-order chi connectivity index (χ1) is 18.2. The number of anilines is 1. The maximum Gasteiger partial charge on any atom is 0.408 e. The molecule has 0 saturated carbocycles. The molecule has 0 bridgehead atoms. The van der Waals surface area contributed by atoms with Crippen LogP contribution in [-0.4, -0.2) is 70.1 Å². The van der Waals surface area contributed by atoms with Gasteiger partial charge in [0.2, 0.25) is 11.9 Å². The number of carbonyl (C=O) groups excluding carboxylic acids is 3. The van der Waals surface area contributed by atoms with Crippen LogP contribution < -0.4 is 16.4 Å². The zero-order chi connectivity index (χ0) is 29.3. The molecule has 0 saturated heterocycles. The zero-order valence-corrected chi connectivity index (χ0v) is 23.7. The Balaban J connectivity index is 1.94. The van der Waals surface area contributed by atoms with Crippen LogP contribution >= 0.6 is 11.8 Å². The second-order valence-electron chi connectivity index (χ2n) is 9.70. The maximum atomic E-state index is 12.3. The van der Waals surface area contributed by atoms with E-state index in [1.807, 2.05) is 6.92 Å². The zero-order valence-electron chi connectivity index (χ0n) is 22.9. The summed E-state index contributed by atoms with van der Waals surface area (Å²) in [6.45, 7) is 8.82. The molecule has 2 rings (SSSR count).